The molecule has 2 fully saturated rings. The number of hydrogen-bond donors (Lipinski definition) is 4. The summed E-state index contributed by atoms with van der Waals surface area (Å²) < 4.78 is 13.1. The number of amides is 3. The largest absolute Gasteiger partial charge is 0.342 e. The van der Waals surface area contributed by atoms with Crippen LogP contribution in [0.5, 0.6) is 0 Å². The fraction of sp³-hybridized carbons (Fsp3) is 0.375. The van der Waals surface area contributed by atoms with Crippen LogP contribution in [0.1, 0.15) is 36.4 Å². The number of carbonyl (C=O) groups excluding carboxylic acids is 3. The molecule has 2 aromatic rings. The van der Waals surface area contributed by atoms with E-state index in [9.17, 15) is 18.8 Å². The lowest BCUT2D eigenvalue weighted by Crippen LogP contribution is -2.53. The monoisotopic (exact) mass is 453 g/mol. The van der Waals surface area contributed by atoms with Crippen LogP contribution < -0.4 is 21.7 Å². The Hall–Kier alpha value is -3.30. The van der Waals surface area contributed by atoms with Gasteiger partial charge in [0.05, 0.1) is 12.3 Å². The van der Waals surface area contributed by atoms with Gasteiger partial charge >= 0.3 is 0 Å². The molecule has 9 heteroatoms. The predicted molar refractivity (Wildman–Crippen MR) is 120 cm³/mol. The van der Waals surface area contributed by atoms with Gasteiger partial charge in [-0.2, -0.15) is 0 Å². The van der Waals surface area contributed by atoms with Crippen LogP contribution in [-0.2, 0) is 20.8 Å². The van der Waals surface area contributed by atoms with E-state index in [1.165, 1.54) is 12.1 Å². The molecule has 2 heterocycles. The Morgan fingerprint density at radius 3 is 2.45 bits per heavy atom. The summed E-state index contributed by atoms with van der Waals surface area (Å²) in [5.74, 6) is -1.48. The van der Waals surface area contributed by atoms with E-state index in [4.69, 9.17) is 0 Å². The van der Waals surface area contributed by atoms with Crippen molar-refractivity contribution in [2.75, 3.05) is 13.1 Å². The number of hydrazine groups is 2. The van der Waals surface area contributed by atoms with Gasteiger partial charge in [0.25, 0.3) is 5.91 Å². The molecule has 4 N–H and O–H groups in total. The Balaban J connectivity index is 1.23. The van der Waals surface area contributed by atoms with Crippen LogP contribution >= 0.6 is 0 Å². The molecule has 4 rings (SSSR count). The third-order valence-electron chi connectivity index (χ3n) is 6.14. The zero-order valence-corrected chi connectivity index (χ0v) is 18.2. The number of benzene rings is 2. The van der Waals surface area contributed by atoms with Crippen molar-refractivity contribution in [1.82, 2.24) is 26.6 Å². The Labute approximate surface area is 191 Å². The average molecular weight is 454 g/mol. The van der Waals surface area contributed by atoms with Crippen molar-refractivity contribution < 1.29 is 18.8 Å². The third-order valence-corrected chi connectivity index (χ3v) is 6.14. The van der Waals surface area contributed by atoms with Gasteiger partial charge in [-0.15, -0.1) is 0 Å². The molecule has 0 radical (unpaired) electrons. The molecule has 2 saturated heterocycles. The molecule has 0 saturated carbocycles. The maximum atomic E-state index is 13.1. The summed E-state index contributed by atoms with van der Waals surface area (Å²) >= 11 is 0. The molecular weight excluding hydrogens is 425 g/mol. The van der Waals surface area contributed by atoms with Gasteiger partial charge in [0, 0.05) is 19.1 Å². The van der Waals surface area contributed by atoms with E-state index < -0.39 is 12.0 Å². The summed E-state index contributed by atoms with van der Waals surface area (Å²) in [6, 6.07) is 15.2. The summed E-state index contributed by atoms with van der Waals surface area (Å²) in [5, 5.41) is 0. The molecule has 33 heavy (non-hydrogen) atoms. The summed E-state index contributed by atoms with van der Waals surface area (Å²) in [6.07, 6.45) is 2.06. The highest BCUT2D eigenvalue weighted by Crippen LogP contribution is 2.22. The average Bonchev–Trinajstić information content (AvgIpc) is 3.35. The first-order valence-corrected chi connectivity index (χ1v) is 11.2. The van der Waals surface area contributed by atoms with E-state index in [0.717, 1.165) is 11.1 Å². The second kappa shape index (κ2) is 10.5. The van der Waals surface area contributed by atoms with E-state index in [1.807, 2.05) is 30.3 Å². The smallest absolute Gasteiger partial charge is 0.256 e. The molecule has 8 nitrogen and oxygen atoms in total. The van der Waals surface area contributed by atoms with E-state index in [-0.39, 0.29) is 36.0 Å². The fourth-order valence-electron chi connectivity index (χ4n) is 4.25. The molecule has 3 amide bonds. The molecule has 0 aliphatic carbocycles. The Bertz CT molecular complexity index is 985. The van der Waals surface area contributed by atoms with Gasteiger partial charge in [0.2, 0.25) is 11.8 Å². The van der Waals surface area contributed by atoms with Crippen LogP contribution in [-0.4, -0.2) is 41.8 Å². The van der Waals surface area contributed by atoms with Crippen LogP contribution in [0.25, 0.3) is 0 Å². The molecule has 2 aliphatic rings. The second-order valence-electron chi connectivity index (χ2n) is 8.50. The van der Waals surface area contributed by atoms with E-state index in [0.29, 0.717) is 32.4 Å². The number of nitrogens with zero attached hydrogens (tertiary/aromatic N) is 1. The second-order valence-corrected chi connectivity index (χ2v) is 8.50. The zero-order valence-electron chi connectivity index (χ0n) is 18.2. The predicted octanol–water partition coefficient (Wildman–Crippen LogP) is 1.36. The van der Waals surface area contributed by atoms with E-state index in [2.05, 4.69) is 21.7 Å². The molecule has 174 valence electrons. The lowest BCUT2D eigenvalue weighted by molar-refractivity contribution is -0.137. The SMILES string of the molecule is O=C(NNC(=O)C1CC(c2ccccc2)NN1)C1CCCN(C(=O)Cc2ccc(F)cc2)C1. The number of hydrogen-bond acceptors (Lipinski definition) is 5. The Morgan fingerprint density at radius 2 is 1.70 bits per heavy atom. The summed E-state index contributed by atoms with van der Waals surface area (Å²) in [7, 11) is 0. The highest BCUT2D eigenvalue weighted by atomic mass is 19.1. The standard InChI is InChI=1S/C24H28FN5O3/c25-19-10-8-16(9-11-19)13-22(31)30-12-4-7-18(15-30)23(32)28-29-24(33)21-14-20(26-27-21)17-5-2-1-3-6-17/h1-3,5-6,8-11,18,20-21,26-27H,4,7,12-15H2,(H,28,32)(H,29,33). The lowest BCUT2D eigenvalue weighted by Gasteiger charge is -2.32. The molecular formula is C24H28FN5O3. The number of likely N-dealkylation sites (tertiary alicyclic amines) is 1. The quantitative estimate of drug-likeness (QED) is 0.512. The van der Waals surface area contributed by atoms with Crippen LogP contribution in [0.4, 0.5) is 4.39 Å². The first kappa shape index (κ1) is 22.9. The minimum Gasteiger partial charge on any atom is -0.342 e. The maximum absolute atomic E-state index is 13.1. The van der Waals surface area contributed by atoms with Crippen molar-refractivity contribution in [1.29, 1.82) is 0 Å². The van der Waals surface area contributed by atoms with Crippen molar-refractivity contribution in [3.05, 3.63) is 71.5 Å². The minimum absolute atomic E-state index is 0.0108. The van der Waals surface area contributed by atoms with Gasteiger partial charge in [0.1, 0.15) is 11.9 Å². The molecule has 3 atom stereocenters. The zero-order chi connectivity index (χ0) is 23.2. The van der Waals surface area contributed by atoms with E-state index >= 15 is 0 Å². The molecule has 0 spiro atoms. The Kier molecular flexibility index (Phi) is 7.31. The van der Waals surface area contributed by atoms with Gasteiger partial charge in [-0.05, 0) is 42.5 Å². The van der Waals surface area contributed by atoms with E-state index in [1.54, 1.807) is 17.0 Å². The topological polar surface area (TPSA) is 103 Å². The highest BCUT2D eigenvalue weighted by Gasteiger charge is 2.32. The van der Waals surface area contributed by atoms with Crippen molar-refractivity contribution in [3.63, 3.8) is 0 Å². The van der Waals surface area contributed by atoms with Crippen LogP contribution in [0.3, 0.4) is 0 Å². The third kappa shape index (κ3) is 5.94. The fourth-order valence-corrected chi connectivity index (χ4v) is 4.25. The number of halogens is 1. The number of piperidine rings is 1. The van der Waals surface area contributed by atoms with Crippen molar-refractivity contribution >= 4 is 17.7 Å². The van der Waals surface area contributed by atoms with Gasteiger partial charge < -0.3 is 4.90 Å². The Morgan fingerprint density at radius 1 is 0.970 bits per heavy atom. The molecule has 0 bridgehead atoms. The molecule has 3 unspecified atom stereocenters. The minimum atomic E-state index is -0.476. The van der Waals surface area contributed by atoms with Gasteiger partial charge in [0.15, 0.2) is 0 Å². The molecule has 2 aliphatic heterocycles. The van der Waals surface area contributed by atoms with Crippen LogP contribution in [0.2, 0.25) is 0 Å². The van der Waals surface area contributed by atoms with Gasteiger partial charge in [-0.3, -0.25) is 25.2 Å². The summed E-state index contributed by atoms with van der Waals surface area (Å²) in [4.78, 5) is 39.4. The number of carbonyl (C=O) groups is 3. The van der Waals surface area contributed by atoms with Crippen LogP contribution in [0.15, 0.2) is 54.6 Å². The molecule has 2 aromatic carbocycles. The number of rotatable bonds is 5. The summed E-state index contributed by atoms with van der Waals surface area (Å²) in [5.41, 5.74) is 12.9. The normalized spacial score (nSPS) is 22.6. The summed E-state index contributed by atoms with van der Waals surface area (Å²) in [6.45, 7) is 0.871. The first-order chi connectivity index (χ1) is 16.0. The first-order valence-electron chi connectivity index (χ1n) is 11.2. The van der Waals surface area contributed by atoms with Crippen molar-refractivity contribution in [3.8, 4) is 0 Å². The maximum Gasteiger partial charge on any atom is 0.256 e. The number of nitrogens with one attached hydrogen (secondary N) is 4. The van der Waals surface area contributed by atoms with Crippen molar-refractivity contribution in [2.24, 2.45) is 5.92 Å². The van der Waals surface area contributed by atoms with Gasteiger partial charge in [-0.1, -0.05) is 42.5 Å². The van der Waals surface area contributed by atoms with Crippen LogP contribution in [0, 0.1) is 11.7 Å². The van der Waals surface area contributed by atoms with Gasteiger partial charge in [-0.25, -0.2) is 15.2 Å². The highest BCUT2D eigenvalue weighted by molar-refractivity contribution is 5.87. The molecule has 0 aromatic heterocycles. The lowest BCUT2D eigenvalue weighted by atomic mass is 9.96. The van der Waals surface area contributed by atoms with Crippen molar-refractivity contribution in [2.45, 2.75) is 37.8 Å².